The van der Waals surface area contributed by atoms with E-state index < -0.39 is 0 Å². The minimum Gasteiger partial charge on any atom is -0.346 e. The Hall–Kier alpha value is -2.14. The van der Waals surface area contributed by atoms with Crippen molar-refractivity contribution >= 4 is 32.7 Å². The molecule has 0 fully saturated rings. The lowest BCUT2D eigenvalue weighted by molar-refractivity contribution is 0.0940. The number of hydrogen-bond acceptors (Lipinski definition) is 2. The van der Waals surface area contributed by atoms with Gasteiger partial charge in [0, 0.05) is 15.4 Å². The Morgan fingerprint density at radius 2 is 2.14 bits per heavy atom. The summed E-state index contributed by atoms with van der Waals surface area (Å²) in [6.07, 6.45) is 1.74. The van der Waals surface area contributed by atoms with Gasteiger partial charge in [-0.2, -0.15) is 5.10 Å². The van der Waals surface area contributed by atoms with Crippen LogP contribution in [0.2, 0.25) is 0 Å². The van der Waals surface area contributed by atoms with E-state index in [1.165, 1.54) is 0 Å². The van der Waals surface area contributed by atoms with E-state index in [9.17, 15) is 4.79 Å². The maximum Gasteiger partial charge on any atom is 0.251 e. The molecule has 0 spiro atoms. The minimum atomic E-state index is -0.0982. The van der Waals surface area contributed by atoms with E-state index in [4.69, 9.17) is 0 Å². The van der Waals surface area contributed by atoms with E-state index >= 15 is 0 Å². The zero-order chi connectivity index (χ0) is 14.8. The van der Waals surface area contributed by atoms with Gasteiger partial charge in [0.05, 0.1) is 17.8 Å². The minimum absolute atomic E-state index is 0.0625. The number of benzene rings is 2. The molecule has 0 aliphatic rings. The van der Waals surface area contributed by atoms with Crippen molar-refractivity contribution in [2.45, 2.75) is 13.0 Å². The predicted octanol–water partition coefficient (Wildman–Crippen LogP) is 3.82. The van der Waals surface area contributed by atoms with Gasteiger partial charge >= 0.3 is 0 Å². The molecule has 1 heterocycles. The second kappa shape index (κ2) is 5.69. The lowest BCUT2D eigenvalue weighted by Gasteiger charge is -2.14. The Balaban J connectivity index is 1.79. The van der Waals surface area contributed by atoms with Gasteiger partial charge in [0.15, 0.2) is 0 Å². The van der Waals surface area contributed by atoms with Crippen LogP contribution >= 0.6 is 15.9 Å². The molecule has 2 aromatic carbocycles. The van der Waals surface area contributed by atoms with Crippen molar-refractivity contribution in [3.8, 4) is 0 Å². The van der Waals surface area contributed by atoms with Crippen LogP contribution in [0.3, 0.4) is 0 Å². The number of aromatic nitrogens is 2. The SMILES string of the molecule is CC(NC(=O)c1ccc2cn[nH]c2c1)c1cccc(Br)c1. The molecule has 106 valence electrons. The molecule has 2 N–H and O–H groups in total. The lowest BCUT2D eigenvalue weighted by Crippen LogP contribution is -2.26. The van der Waals surface area contributed by atoms with Gasteiger partial charge in [-0.3, -0.25) is 9.89 Å². The Kier molecular flexibility index (Phi) is 3.75. The Morgan fingerprint density at radius 1 is 1.29 bits per heavy atom. The molecule has 1 atom stereocenters. The number of rotatable bonds is 3. The fourth-order valence-electron chi connectivity index (χ4n) is 2.22. The largest absolute Gasteiger partial charge is 0.346 e. The van der Waals surface area contributed by atoms with Gasteiger partial charge < -0.3 is 5.32 Å². The second-order valence-corrected chi connectivity index (χ2v) is 5.84. The summed E-state index contributed by atoms with van der Waals surface area (Å²) in [5.74, 6) is -0.0982. The number of nitrogens with one attached hydrogen (secondary N) is 2. The van der Waals surface area contributed by atoms with Crippen LogP contribution in [-0.2, 0) is 0 Å². The first-order valence-corrected chi connectivity index (χ1v) is 7.42. The number of carbonyl (C=O) groups is 1. The van der Waals surface area contributed by atoms with E-state index in [0.29, 0.717) is 5.56 Å². The van der Waals surface area contributed by atoms with Crippen LogP contribution in [0.5, 0.6) is 0 Å². The van der Waals surface area contributed by atoms with E-state index in [2.05, 4.69) is 31.4 Å². The van der Waals surface area contributed by atoms with Gasteiger partial charge in [0.1, 0.15) is 0 Å². The van der Waals surface area contributed by atoms with Crippen LogP contribution in [0.4, 0.5) is 0 Å². The van der Waals surface area contributed by atoms with Crippen molar-refractivity contribution in [3.63, 3.8) is 0 Å². The third kappa shape index (κ3) is 2.97. The highest BCUT2D eigenvalue weighted by Crippen LogP contribution is 2.19. The lowest BCUT2D eigenvalue weighted by atomic mass is 10.1. The first kappa shape index (κ1) is 13.8. The Bertz CT molecular complexity index is 797. The highest BCUT2D eigenvalue weighted by atomic mass is 79.9. The molecule has 4 nitrogen and oxygen atoms in total. The summed E-state index contributed by atoms with van der Waals surface area (Å²) in [4.78, 5) is 12.3. The maximum absolute atomic E-state index is 12.3. The summed E-state index contributed by atoms with van der Waals surface area (Å²) in [6, 6.07) is 13.4. The van der Waals surface area contributed by atoms with E-state index in [1.807, 2.05) is 43.3 Å². The van der Waals surface area contributed by atoms with E-state index in [1.54, 1.807) is 12.3 Å². The Morgan fingerprint density at radius 3 is 2.95 bits per heavy atom. The van der Waals surface area contributed by atoms with Gasteiger partial charge in [-0.15, -0.1) is 0 Å². The monoisotopic (exact) mass is 343 g/mol. The molecule has 1 amide bonds. The van der Waals surface area contributed by atoms with Crippen molar-refractivity contribution in [2.24, 2.45) is 0 Å². The van der Waals surface area contributed by atoms with Crippen molar-refractivity contribution in [3.05, 3.63) is 64.3 Å². The molecule has 0 saturated heterocycles. The summed E-state index contributed by atoms with van der Waals surface area (Å²) in [5.41, 5.74) is 2.53. The van der Waals surface area contributed by atoms with Gasteiger partial charge in [-0.05, 0) is 36.8 Å². The van der Waals surface area contributed by atoms with Crippen molar-refractivity contribution in [1.82, 2.24) is 15.5 Å². The average molecular weight is 344 g/mol. The molecule has 0 bridgehead atoms. The average Bonchev–Trinajstić information content (AvgIpc) is 2.94. The number of nitrogens with zero attached hydrogens (tertiary/aromatic N) is 1. The number of aromatic amines is 1. The predicted molar refractivity (Wildman–Crippen MR) is 86.1 cm³/mol. The summed E-state index contributed by atoms with van der Waals surface area (Å²) in [7, 11) is 0. The van der Waals surface area contributed by atoms with Crippen LogP contribution < -0.4 is 5.32 Å². The molecule has 1 unspecified atom stereocenters. The number of fused-ring (bicyclic) bond motifs is 1. The fraction of sp³-hybridized carbons (Fsp3) is 0.125. The number of H-pyrrole nitrogens is 1. The molecule has 0 radical (unpaired) electrons. The molecular weight excluding hydrogens is 330 g/mol. The molecule has 0 aliphatic heterocycles. The van der Waals surface area contributed by atoms with E-state index in [-0.39, 0.29) is 11.9 Å². The highest BCUT2D eigenvalue weighted by Gasteiger charge is 2.12. The highest BCUT2D eigenvalue weighted by molar-refractivity contribution is 9.10. The summed E-state index contributed by atoms with van der Waals surface area (Å²) in [5, 5.41) is 10.8. The van der Waals surface area contributed by atoms with Crippen LogP contribution in [0.25, 0.3) is 10.9 Å². The standard InChI is InChI=1S/C16H14BrN3O/c1-10(11-3-2-4-14(17)7-11)19-16(21)12-5-6-13-9-18-20-15(13)8-12/h2-10H,1H3,(H,18,20)(H,19,21). The van der Waals surface area contributed by atoms with Gasteiger partial charge in [0.2, 0.25) is 0 Å². The quantitative estimate of drug-likeness (QED) is 0.759. The first-order valence-electron chi connectivity index (χ1n) is 6.63. The smallest absolute Gasteiger partial charge is 0.251 e. The van der Waals surface area contributed by atoms with Crippen LogP contribution in [0, 0.1) is 0 Å². The fourth-order valence-corrected chi connectivity index (χ4v) is 2.63. The molecule has 3 rings (SSSR count). The zero-order valence-electron chi connectivity index (χ0n) is 11.4. The first-order chi connectivity index (χ1) is 10.1. The zero-order valence-corrected chi connectivity index (χ0v) is 13.0. The van der Waals surface area contributed by atoms with E-state index in [0.717, 1.165) is 20.9 Å². The van der Waals surface area contributed by atoms with Crippen molar-refractivity contribution in [1.29, 1.82) is 0 Å². The summed E-state index contributed by atoms with van der Waals surface area (Å²) < 4.78 is 1.000. The summed E-state index contributed by atoms with van der Waals surface area (Å²) in [6.45, 7) is 1.97. The topological polar surface area (TPSA) is 57.8 Å². The number of amides is 1. The van der Waals surface area contributed by atoms with Gasteiger partial charge in [-0.25, -0.2) is 0 Å². The molecule has 0 aliphatic carbocycles. The molecule has 21 heavy (non-hydrogen) atoms. The van der Waals surface area contributed by atoms with Crippen LogP contribution in [-0.4, -0.2) is 16.1 Å². The number of halogens is 1. The molecule has 0 saturated carbocycles. The second-order valence-electron chi connectivity index (χ2n) is 4.92. The van der Waals surface area contributed by atoms with Crippen molar-refractivity contribution < 1.29 is 4.79 Å². The summed E-state index contributed by atoms with van der Waals surface area (Å²) >= 11 is 3.44. The Labute approximate surface area is 130 Å². The molecule has 3 aromatic rings. The van der Waals surface area contributed by atoms with Crippen LogP contribution in [0.1, 0.15) is 28.9 Å². The number of hydrogen-bond donors (Lipinski definition) is 2. The normalized spacial score (nSPS) is 12.3. The third-order valence-corrected chi connectivity index (χ3v) is 3.89. The molecule has 1 aromatic heterocycles. The van der Waals surface area contributed by atoms with Gasteiger partial charge in [0.25, 0.3) is 5.91 Å². The third-order valence-electron chi connectivity index (χ3n) is 3.40. The number of carbonyl (C=O) groups excluding carboxylic acids is 1. The molecule has 5 heteroatoms. The van der Waals surface area contributed by atoms with Crippen molar-refractivity contribution in [2.75, 3.05) is 0 Å². The maximum atomic E-state index is 12.3. The molecular formula is C16H14BrN3O. The van der Waals surface area contributed by atoms with Crippen LogP contribution in [0.15, 0.2) is 53.1 Å². The van der Waals surface area contributed by atoms with Gasteiger partial charge in [-0.1, -0.05) is 34.1 Å².